The van der Waals surface area contributed by atoms with Crippen LogP contribution in [0.2, 0.25) is 0 Å². The quantitative estimate of drug-likeness (QED) is 0.430. The molecule has 2 aromatic rings. The SMILES string of the molecule is CC(CO)COCC(C)OCC(Cc1ccccc1)NC(=O)CCc1ccc(O)cc1. The van der Waals surface area contributed by atoms with Crippen LogP contribution in [-0.4, -0.2) is 54.7 Å². The zero-order valence-electron chi connectivity index (χ0n) is 18.5. The van der Waals surface area contributed by atoms with E-state index in [2.05, 4.69) is 5.32 Å². The third-order valence-electron chi connectivity index (χ3n) is 4.92. The number of amides is 1. The molecule has 2 aromatic carbocycles. The number of carbonyl (C=O) groups is 1. The summed E-state index contributed by atoms with van der Waals surface area (Å²) in [5.41, 5.74) is 2.14. The molecule has 0 aromatic heterocycles. The van der Waals surface area contributed by atoms with E-state index in [1.54, 1.807) is 12.1 Å². The average molecular weight is 430 g/mol. The van der Waals surface area contributed by atoms with Crippen molar-refractivity contribution >= 4 is 5.91 Å². The van der Waals surface area contributed by atoms with Crippen LogP contribution >= 0.6 is 0 Å². The van der Waals surface area contributed by atoms with Gasteiger partial charge in [0.1, 0.15) is 5.75 Å². The number of hydrogen-bond acceptors (Lipinski definition) is 5. The Morgan fingerprint density at radius 2 is 1.68 bits per heavy atom. The van der Waals surface area contributed by atoms with Crippen LogP contribution < -0.4 is 5.32 Å². The molecule has 3 atom stereocenters. The van der Waals surface area contributed by atoms with E-state index in [1.165, 1.54) is 0 Å². The van der Waals surface area contributed by atoms with E-state index in [-0.39, 0.29) is 36.3 Å². The van der Waals surface area contributed by atoms with Crippen LogP contribution in [0.1, 0.15) is 31.4 Å². The standard InChI is InChI=1S/C25H35NO5/c1-19(15-27)16-30-17-20(2)31-18-23(14-22-6-4-3-5-7-22)26-25(29)13-10-21-8-11-24(28)12-9-21/h3-9,11-12,19-20,23,27-28H,10,13-18H2,1-2H3,(H,26,29). The molecule has 0 bridgehead atoms. The van der Waals surface area contributed by atoms with Crippen molar-refractivity contribution in [3.8, 4) is 5.75 Å². The van der Waals surface area contributed by atoms with Gasteiger partial charge in [0.25, 0.3) is 0 Å². The number of rotatable bonds is 14. The summed E-state index contributed by atoms with van der Waals surface area (Å²) in [5.74, 6) is 0.293. The van der Waals surface area contributed by atoms with Gasteiger partial charge < -0.3 is 25.0 Å². The summed E-state index contributed by atoms with van der Waals surface area (Å²) in [6.07, 6.45) is 1.55. The lowest BCUT2D eigenvalue weighted by molar-refractivity contribution is -0.122. The molecule has 170 valence electrons. The molecule has 0 aliphatic heterocycles. The van der Waals surface area contributed by atoms with E-state index < -0.39 is 0 Å². The zero-order chi connectivity index (χ0) is 22.5. The number of hydrogen-bond donors (Lipinski definition) is 3. The van der Waals surface area contributed by atoms with Crippen LogP contribution in [0, 0.1) is 5.92 Å². The molecule has 0 spiro atoms. The van der Waals surface area contributed by atoms with E-state index in [1.807, 2.05) is 56.3 Å². The Labute approximate surface area is 185 Å². The van der Waals surface area contributed by atoms with Crippen molar-refractivity contribution in [3.05, 3.63) is 65.7 Å². The third kappa shape index (κ3) is 10.4. The molecule has 3 unspecified atom stereocenters. The molecule has 0 saturated carbocycles. The maximum atomic E-state index is 12.5. The number of phenols is 1. The summed E-state index contributed by atoms with van der Waals surface area (Å²) >= 11 is 0. The molecule has 1 amide bonds. The van der Waals surface area contributed by atoms with E-state index >= 15 is 0 Å². The van der Waals surface area contributed by atoms with Gasteiger partial charge >= 0.3 is 0 Å². The molecule has 2 rings (SSSR count). The summed E-state index contributed by atoms with van der Waals surface area (Å²) in [5, 5.41) is 21.5. The van der Waals surface area contributed by atoms with Crippen molar-refractivity contribution < 1.29 is 24.5 Å². The topological polar surface area (TPSA) is 88.0 Å². The summed E-state index contributed by atoms with van der Waals surface area (Å²) in [6.45, 7) is 5.29. The fraction of sp³-hybridized carbons (Fsp3) is 0.480. The first kappa shape index (κ1) is 24.9. The lowest BCUT2D eigenvalue weighted by Crippen LogP contribution is -2.41. The van der Waals surface area contributed by atoms with Crippen LogP contribution in [0.25, 0.3) is 0 Å². The fourth-order valence-electron chi connectivity index (χ4n) is 3.09. The third-order valence-corrected chi connectivity index (χ3v) is 4.92. The highest BCUT2D eigenvalue weighted by molar-refractivity contribution is 5.76. The molecule has 0 heterocycles. The normalized spacial score (nSPS) is 14.0. The maximum absolute atomic E-state index is 12.5. The fourth-order valence-corrected chi connectivity index (χ4v) is 3.09. The molecule has 0 aliphatic rings. The van der Waals surface area contributed by atoms with Crippen LogP contribution in [0.15, 0.2) is 54.6 Å². The number of aromatic hydroxyl groups is 1. The first-order chi connectivity index (χ1) is 15.0. The Morgan fingerprint density at radius 3 is 2.35 bits per heavy atom. The van der Waals surface area contributed by atoms with Crippen LogP contribution in [-0.2, 0) is 27.1 Å². The number of aliphatic hydroxyl groups excluding tert-OH is 1. The highest BCUT2D eigenvalue weighted by Crippen LogP contribution is 2.11. The number of aliphatic hydroxyl groups is 1. The number of phenolic OH excluding ortho intramolecular Hbond substituents is 1. The van der Waals surface area contributed by atoms with Gasteiger partial charge in [-0.2, -0.15) is 0 Å². The van der Waals surface area contributed by atoms with Crippen molar-refractivity contribution in [2.24, 2.45) is 5.92 Å². The second-order valence-corrected chi connectivity index (χ2v) is 8.09. The van der Waals surface area contributed by atoms with Crippen molar-refractivity contribution in [2.45, 2.75) is 45.3 Å². The van der Waals surface area contributed by atoms with E-state index in [9.17, 15) is 9.90 Å². The first-order valence-corrected chi connectivity index (χ1v) is 10.9. The molecule has 31 heavy (non-hydrogen) atoms. The van der Waals surface area contributed by atoms with Gasteiger partial charge in [0.15, 0.2) is 0 Å². The molecule has 0 aliphatic carbocycles. The maximum Gasteiger partial charge on any atom is 0.220 e. The summed E-state index contributed by atoms with van der Waals surface area (Å²) < 4.78 is 11.5. The van der Waals surface area contributed by atoms with Crippen molar-refractivity contribution in [1.29, 1.82) is 0 Å². The number of carbonyl (C=O) groups excluding carboxylic acids is 1. The number of benzene rings is 2. The Balaban J connectivity index is 1.84. The van der Waals surface area contributed by atoms with E-state index in [4.69, 9.17) is 14.6 Å². The molecule has 6 nitrogen and oxygen atoms in total. The molecule has 0 radical (unpaired) electrons. The highest BCUT2D eigenvalue weighted by atomic mass is 16.5. The molecule has 0 fully saturated rings. The summed E-state index contributed by atoms with van der Waals surface area (Å²) in [6, 6.07) is 16.8. The van der Waals surface area contributed by atoms with E-state index in [0.29, 0.717) is 39.1 Å². The Kier molecular flexibility index (Phi) is 11.1. The second-order valence-electron chi connectivity index (χ2n) is 8.09. The molecule has 6 heteroatoms. The number of ether oxygens (including phenoxy) is 2. The molecular formula is C25H35NO5. The minimum absolute atomic E-state index is 0.0294. The van der Waals surface area contributed by atoms with Gasteiger partial charge in [0.2, 0.25) is 5.91 Å². The van der Waals surface area contributed by atoms with Crippen molar-refractivity contribution in [1.82, 2.24) is 5.32 Å². The van der Waals surface area contributed by atoms with Crippen LogP contribution in [0.3, 0.4) is 0 Å². The largest absolute Gasteiger partial charge is 0.508 e. The predicted octanol–water partition coefficient (Wildman–Crippen LogP) is 3.10. The van der Waals surface area contributed by atoms with Gasteiger partial charge in [0.05, 0.1) is 32.0 Å². The van der Waals surface area contributed by atoms with Gasteiger partial charge in [-0.05, 0) is 43.0 Å². The Morgan fingerprint density at radius 1 is 0.968 bits per heavy atom. The van der Waals surface area contributed by atoms with Gasteiger partial charge in [-0.1, -0.05) is 49.4 Å². The average Bonchev–Trinajstić information content (AvgIpc) is 2.77. The molecule has 0 saturated heterocycles. The van der Waals surface area contributed by atoms with Crippen LogP contribution in [0.4, 0.5) is 0 Å². The van der Waals surface area contributed by atoms with Gasteiger partial charge in [-0.3, -0.25) is 4.79 Å². The minimum atomic E-state index is -0.145. The first-order valence-electron chi connectivity index (χ1n) is 10.9. The second kappa shape index (κ2) is 13.8. The monoisotopic (exact) mass is 429 g/mol. The van der Waals surface area contributed by atoms with Crippen LogP contribution in [0.5, 0.6) is 5.75 Å². The zero-order valence-corrected chi connectivity index (χ0v) is 18.5. The lowest BCUT2D eigenvalue weighted by Gasteiger charge is -2.22. The predicted molar refractivity (Wildman–Crippen MR) is 121 cm³/mol. The Hall–Kier alpha value is -2.41. The van der Waals surface area contributed by atoms with Crippen molar-refractivity contribution in [3.63, 3.8) is 0 Å². The number of aryl methyl sites for hydroxylation is 1. The van der Waals surface area contributed by atoms with Crippen molar-refractivity contribution in [2.75, 3.05) is 26.4 Å². The van der Waals surface area contributed by atoms with Gasteiger partial charge in [-0.25, -0.2) is 0 Å². The Bertz CT molecular complexity index is 750. The summed E-state index contributed by atoms with van der Waals surface area (Å²) in [7, 11) is 0. The minimum Gasteiger partial charge on any atom is -0.508 e. The summed E-state index contributed by atoms with van der Waals surface area (Å²) in [4.78, 5) is 12.5. The van der Waals surface area contributed by atoms with E-state index in [0.717, 1.165) is 11.1 Å². The van der Waals surface area contributed by atoms with Gasteiger partial charge in [-0.15, -0.1) is 0 Å². The molecule has 3 N–H and O–H groups in total. The van der Waals surface area contributed by atoms with Gasteiger partial charge in [0, 0.05) is 18.9 Å². The highest BCUT2D eigenvalue weighted by Gasteiger charge is 2.16. The number of nitrogens with one attached hydrogen (secondary N) is 1. The lowest BCUT2D eigenvalue weighted by atomic mass is 10.1. The smallest absolute Gasteiger partial charge is 0.220 e. The molecular weight excluding hydrogens is 394 g/mol.